The van der Waals surface area contributed by atoms with Crippen molar-refractivity contribution in [1.82, 2.24) is 10.6 Å². The zero-order chi connectivity index (χ0) is 14.2. The minimum absolute atomic E-state index is 0.114. The van der Waals surface area contributed by atoms with E-state index in [0.29, 0.717) is 17.8 Å². The van der Waals surface area contributed by atoms with Crippen molar-refractivity contribution in [2.45, 2.75) is 37.4 Å². The van der Waals surface area contributed by atoms with Gasteiger partial charge in [0.1, 0.15) is 5.76 Å². The molecule has 2 aliphatic rings. The first-order valence-electron chi connectivity index (χ1n) is 7.52. The van der Waals surface area contributed by atoms with Crippen LogP contribution in [0.3, 0.4) is 0 Å². The Morgan fingerprint density at radius 1 is 1.14 bits per heavy atom. The molecule has 4 rings (SSSR count). The second-order valence-corrected chi connectivity index (χ2v) is 5.89. The maximum absolute atomic E-state index is 12.3. The van der Waals surface area contributed by atoms with Crippen molar-refractivity contribution in [3.8, 4) is 11.3 Å². The maximum Gasteiger partial charge on any atom is 0.287 e. The van der Waals surface area contributed by atoms with Gasteiger partial charge in [0.25, 0.3) is 5.91 Å². The van der Waals surface area contributed by atoms with E-state index in [4.69, 9.17) is 4.42 Å². The molecule has 3 atom stereocenters. The molecule has 0 spiro atoms. The van der Waals surface area contributed by atoms with Gasteiger partial charge >= 0.3 is 0 Å². The summed E-state index contributed by atoms with van der Waals surface area (Å²) in [4.78, 5) is 12.3. The monoisotopic (exact) mass is 282 g/mol. The average molecular weight is 282 g/mol. The molecule has 21 heavy (non-hydrogen) atoms. The molecule has 1 aromatic carbocycles. The lowest BCUT2D eigenvalue weighted by Crippen LogP contribution is -2.42. The molecule has 2 saturated heterocycles. The first kappa shape index (κ1) is 12.7. The molecule has 0 aliphatic carbocycles. The predicted molar refractivity (Wildman–Crippen MR) is 80.0 cm³/mol. The van der Waals surface area contributed by atoms with E-state index in [2.05, 4.69) is 10.6 Å². The van der Waals surface area contributed by atoms with Gasteiger partial charge in [0.05, 0.1) is 0 Å². The molecule has 2 N–H and O–H groups in total. The van der Waals surface area contributed by atoms with Crippen LogP contribution in [0.25, 0.3) is 11.3 Å². The molecule has 1 amide bonds. The lowest BCUT2D eigenvalue weighted by Gasteiger charge is -2.20. The first-order valence-corrected chi connectivity index (χ1v) is 7.52. The summed E-state index contributed by atoms with van der Waals surface area (Å²) in [5.41, 5.74) is 0.984. The molecular weight excluding hydrogens is 264 g/mol. The Hall–Kier alpha value is -2.07. The number of carbonyl (C=O) groups excluding carboxylic acids is 1. The van der Waals surface area contributed by atoms with Gasteiger partial charge in [0.15, 0.2) is 5.76 Å². The minimum atomic E-state index is -0.114. The van der Waals surface area contributed by atoms with Gasteiger partial charge in [-0.2, -0.15) is 0 Å². The number of rotatable bonds is 3. The summed E-state index contributed by atoms with van der Waals surface area (Å²) < 4.78 is 5.69. The lowest BCUT2D eigenvalue weighted by molar-refractivity contribution is 0.0903. The van der Waals surface area contributed by atoms with Crippen molar-refractivity contribution in [2.24, 2.45) is 0 Å². The fraction of sp³-hybridized carbons (Fsp3) is 0.353. The first-order chi connectivity index (χ1) is 10.3. The van der Waals surface area contributed by atoms with Gasteiger partial charge in [0.2, 0.25) is 0 Å². The predicted octanol–water partition coefficient (Wildman–Crippen LogP) is 2.57. The molecular formula is C17H18N2O2. The van der Waals surface area contributed by atoms with Crippen LogP contribution in [-0.4, -0.2) is 24.0 Å². The van der Waals surface area contributed by atoms with Crippen molar-refractivity contribution < 1.29 is 9.21 Å². The Labute approximate surface area is 123 Å². The van der Waals surface area contributed by atoms with Gasteiger partial charge < -0.3 is 15.1 Å². The van der Waals surface area contributed by atoms with Crippen LogP contribution in [0.2, 0.25) is 0 Å². The van der Waals surface area contributed by atoms with E-state index in [1.165, 1.54) is 6.42 Å². The molecule has 2 bridgehead atoms. The Morgan fingerprint density at radius 2 is 2.00 bits per heavy atom. The molecule has 1 aromatic heterocycles. The normalized spacial score (nSPS) is 27.0. The number of furan rings is 1. The highest BCUT2D eigenvalue weighted by atomic mass is 16.3. The molecule has 0 radical (unpaired) electrons. The van der Waals surface area contributed by atoms with E-state index in [-0.39, 0.29) is 11.9 Å². The van der Waals surface area contributed by atoms with E-state index in [1.54, 1.807) is 6.07 Å². The molecule has 2 fully saturated rings. The SMILES string of the molecule is O=C(N[C@@H]1C[C@H]2CC[C@@H]1N2)c1ccc(-c2ccccc2)o1. The number of amides is 1. The number of fused-ring (bicyclic) bond motifs is 2. The highest BCUT2D eigenvalue weighted by molar-refractivity contribution is 5.92. The fourth-order valence-electron chi connectivity index (χ4n) is 3.44. The van der Waals surface area contributed by atoms with E-state index < -0.39 is 0 Å². The van der Waals surface area contributed by atoms with E-state index in [0.717, 1.165) is 24.2 Å². The van der Waals surface area contributed by atoms with E-state index >= 15 is 0 Å². The Bertz CT molecular complexity index is 650. The molecule has 4 nitrogen and oxygen atoms in total. The average Bonchev–Trinajstić information content (AvgIpc) is 3.24. The molecule has 0 unspecified atom stereocenters. The van der Waals surface area contributed by atoms with Gasteiger partial charge in [-0.25, -0.2) is 0 Å². The van der Waals surface area contributed by atoms with Crippen LogP contribution in [-0.2, 0) is 0 Å². The molecule has 3 heterocycles. The zero-order valence-electron chi connectivity index (χ0n) is 11.7. The van der Waals surface area contributed by atoms with Crippen LogP contribution in [0.4, 0.5) is 0 Å². The molecule has 0 saturated carbocycles. The van der Waals surface area contributed by atoms with Crippen molar-refractivity contribution in [1.29, 1.82) is 0 Å². The van der Waals surface area contributed by atoms with E-state index in [9.17, 15) is 4.79 Å². The van der Waals surface area contributed by atoms with Gasteiger partial charge in [-0.3, -0.25) is 4.79 Å². The second-order valence-electron chi connectivity index (χ2n) is 5.89. The number of nitrogens with one attached hydrogen (secondary N) is 2. The summed E-state index contributed by atoms with van der Waals surface area (Å²) in [5.74, 6) is 1.000. The lowest BCUT2D eigenvalue weighted by atomic mass is 9.95. The maximum atomic E-state index is 12.3. The van der Waals surface area contributed by atoms with Crippen LogP contribution in [0.1, 0.15) is 29.8 Å². The number of carbonyl (C=O) groups is 1. The van der Waals surface area contributed by atoms with Crippen molar-refractivity contribution in [3.63, 3.8) is 0 Å². The van der Waals surface area contributed by atoms with Crippen molar-refractivity contribution >= 4 is 5.91 Å². The van der Waals surface area contributed by atoms with Crippen LogP contribution < -0.4 is 10.6 Å². The third-order valence-corrected chi connectivity index (χ3v) is 4.50. The van der Waals surface area contributed by atoms with Crippen molar-refractivity contribution in [2.75, 3.05) is 0 Å². The summed E-state index contributed by atoms with van der Waals surface area (Å²) >= 11 is 0. The Balaban J connectivity index is 1.47. The molecule has 2 aromatic rings. The quantitative estimate of drug-likeness (QED) is 0.909. The summed E-state index contributed by atoms with van der Waals surface area (Å²) in [5, 5.41) is 6.62. The third-order valence-electron chi connectivity index (χ3n) is 4.50. The smallest absolute Gasteiger partial charge is 0.287 e. The summed E-state index contributed by atoms with van der Waals surface area (Å²) in [6.45, 7) is 0. The Kier molecular flexibility index (Phi) is 3.04. The van der Waals surface area contributed by atoms with Crippen LogP contribution in [0.5, 0.6) is 0 Å². The zero-order valence-corrected chi connectivity index (χ0v) is 11.7. The van der Waals surface area contributed by atoms with Crippen molar-refractivity contribution in [3.05, 3.63) is 48.2 Å². The van der Waals surface area contributed by atoms with E-state index in [1.807, 2.05) is 36.4 Å². The van der Waals surface area contributed by atoms with Crippen LogP contribution in [0, 0.1) is 0 Å². The van der Waals surface area contributed by atoms with Crippen LogP contribution >= 0.6 is 0 Å². The second kappa shape index (κ2) is 5.04. The standard InChI is InChI=1S/C17H18N2O2/c20-17(19-14-10-12-6-7-13(14)18-12)16-9-8-15(21-16)11-4-2-1-3-5-11/h1-5,8-9,12-14,18H,6-7,10H2,(H,19,20)/t12-,13+,14-/m1/s1. The highest BCUT2D eigenvalue weighted by Crippen LogP contribution is 2.28. The Morgan fingerprint density at radius 3 is 2.71 bits per heavy atom. The highest BCUT2D eigenvalue weighted by Gasteiger charge is 2.39. The molecule has 2 aliphatic heterocycles. The van der Waals surface area contributed by atoms with Crippen LogP contribution in [0.15, 0.2) is 46.9 Å². The molecule has 4 heteroatoms. The van der Waals surface area contributed by atoms with Gasteiger partial charge in [-0.15, -0.1) is 0 Å². The largest absolute Gasteiger partial charge is 0.451 e. The summed E-state index contributed by atoms with van der Waals surface area (Å²) in [6.07, 6.45) is 3.42. The minimum Gasteiger partial charge on any atom is -0.451 e. The summed E-state index contributed by atoms with van der Waals surface area (Å²) in [7, 11) is 0. The van der Waals surface area contributed by atoms with Gasteiger partial charge in [-0.05, 0) is 31.4 Å². The van der Waals surface area contributed by atoms with Gasteiger partial charge in [-0.1, -0.05) is 30.3 Å². The van der Waals surface area contributed by atoms with Gasteiger partial charge in [0, 0.05) is 23.7 Å². The fourth-order valence-corrected chi connectivity index (χ4v) is 3.44. The number of hydrogen-bond donors (Lipinski definition) is 2. The number of hydrogen-bond acceptors (Lipinski definition) is 3. The topological polar surface area (TPSA) is 54.3 Å². The third kappa shape index (κ3) is 2.36. The summed E-state index contributed by atoms with van der Waals surface area (Å²) in [6, 6.07) is 14.7. The number of benzene rings is 1. The molecule has 108 valence electrons.